The molecule has 78 valence electrons. The molecule has 0 aliphatic heterocycles. The first-order valence-corrected chi connectivity index (χ1v) is 4.69. The number of pyridine rings is 1. The Hall–Kier alpha value is -1.90. The smallest absolute Gasteiger partial charge is 0.331 e. The molecule has 0 atom stereocenters. The summed E-state index contributed by atoms with van der Waals surface area (Å²) in [6, 6.07) is 5.48. The van der Waals surface area contributed by atoms with Crippen molar-refractivity contribution in [3.8, 4) is 0 Å². The number of rotatable bonds is 4. The number of allylic oxidation sites excluding steroid dienone is 3. The summed E-state index contributed by atoms with van der Waals surface area (Å²) in [5.74, 6) is -0.362. The third-order valence-electron chi connectivity index (χ3n) is 1.62. The van der Waals surface area contributed by atoms with Crippen molar-refractivity contribution in [1.82, 2.24) is 4.98 Å². The molecular weight excluding hydrogens is 190 g/mol. The van der Waals surface area contributed by atoms with Crippen LogP contribution in [0.15, 0.2) is 48.7 Å². The van der Waals surface area contributed by atoms with Gasteiger partial charge in [-0.25, -0.2) is 4.79 Å². The molecule has 0 radical (unpaired) electrons. The van der Waals surface area contributed by atoms with Crippen LogP contribution in [0, 0.1) is 0 Å². The van der Waals surface area contributed by atoms with Gasteiger partial charge in [0.25, 0.3) is 0 Å². The first-order chi connectivity index (χ1) is 7.33. The summed E-state index contributed by atoms with van der Waals surface area (Å²) in [6.45, 7) is 2.09. The summed E-state index contributed by atoms with van der Waals surface area (Å²) in [6.07, 6.45) is 8.28. The lowest BCUT2D eigenvalue weighted by molar-refractivity contribution is -0.139. The molecule has 0 spiro atoms. The van der Waals surface area contributed by atoms with Crippen molar-refractivity contribution in [2.24, 2.45) is 0 Å². The van der Waals surface area contributed by atoms with E-state index in [1.165, 1.54) is 6.08 Å². The summed E-state index contributed by atoms with van der Waals surface area (Å²) in [5.41, 5.74) is 0.741. The average molecular weight is 203 g/mol. The fraction of sp³-hybridized carbons (Fsp3) is 0.167. The molecule has 0 unspecified atom stereocenters. The molecule has 1 rings (SSSR count). The van der Waals surface area contributed by atoms with Crippen LogP contribution in [0.25, 0.3) is 0 Å². The van der Waals surface area contributed by atoms with E-state index in [-0.39, 0.29) is 12.6 Å². The van der Waals surface area contributed by atoms with Crippen molar-refractivity contribution < 1.29 is 9.53 Å². The van der Waals surface area contributed by atoms with Crippen LogP contribution >= 0.6 is 0 Å². The summed E-state index contributed by atoms with van der Waals surface area (Å²) >= 11 is 0. The molecule has 0 bridgehead atoms. The van der Waals surface area contributed by atoms with Crippen LogP contribution in [0.2, 0.25) is 0 Å². The maximum absolute atomic E-state index is 11.1. The largest absolute Gasteiger partial charge is 0.456 e. The molecule has 3 nitrogen and oxygen atoms in total. The van der Waals surface area contributed by atoms with E-state index in [0.29, 0.717) is 0 Å². The Bertz CT molecular complexity index is 355. The highest BCUT2D eigenvalue weighted by molar-refractivity contribution is 5.82. The quantitative estimate of drug-likeness (QED) is 0.428. The standard InChI is InChI=1S/C12H13NO2/c1-2-3-4-8-12(14)15-10-11-7-5-6-9-13-11/h2-9H,10H2,1H3. The van der Waals surface area contributed by atoms with Gasteiger partial charge in [0.1, 0.15) is 6.61 Å². The third kappa shape index (κ3) is 4.76. The Morgan fingerprint density at radius 1 is 1.47 bits per heavy atom. The summed E-state index contributed by atoms with van der Waals surface area (Å²) in [4.78, 5) is 15.2. The van der Waals surface area contributed by atoms with Gasteiger partial charge in [-0.1, -0.05) is 24.3 Å². The Morgan fingerprint density at radius 3 is 3.00 bits per heavy atom. The Kier molecular flexibility index (Phi) is 4.87. The van der Waals surface area contributed by atoms with Gasteiger partial charge in [0.05, 0.1) is 5.69 Å². The van der Waals surface area contributed by atoms with Crippen LogP contribution in [0.4, 0.5) is 0 Å². The summed E-state index contributed by atoms with van der Waals surface area (Å²) < 4.78 is 4.95. The van der Waals surface area contributed by atoms with Crippen molar-refractivity contribution >= 4 is 5.97 Å². The lowest BCUT2D eigenvalue weighted by Crippen LogP contribution is -2.01. The van der Waals surface area contributed by atoms with E-state index in [1.807, 2.05) is 31.2 Å². The topological polar surface area (TPSA) is 39.2 Å². The predicted molar refractivity (Wildman–Crippen MR) is 58.0 cm³/mol. The molecule has 0 amide bonds. The number of aromatic nitrogens is 1. The molecule has 0 saturated carbocycles. The minimum Gasteiger partial charge on any atom is -0.456 e. The number of carbonyl (C=O) groups is 1. The number of nitrogens with zero attached hydrogens (tertiary/aromatic N) is 1. The number of esters is 1. The molecule has 0 aromatic carbocycles. The van der Waals surface area contributed by atoms with Gasteiger partial charge in [0, 0.05) is 12.3 Å². The summed E-state index contributed by atoms with van der Waals surface area (Å²) in [5, 5.41) is 0. The van der Waals surface area contributed by atoms with Crippen LogP contribution in [0.5, 0.6) is 0 Å². The van der Waals surface area contributed by atoms with Crippen molar-refractivity contribution in [3.63, 3.8) is 0 Å². The fourth-order valence-corrected chi connectivity index (χ4v) is 0.922. The molecule has 0 fully saturated rings. The van der Waals surface area contributed by atoms with Crippen molar-refractivity contribution in [1.29, 1.82) is 0 Å². The van der Waals surface area contributed by atoms with E-state index in [4.69, 9.17) is 4.74 Å². The SMILES string of the molecule is CC=CC=CC(=O)OCc1ccccn1. The zero-order valence-corrected chi connectivity index (χ0v) is 8.59. The molecule has 15 heavy (non-hydrogen) atoms. The normalized spacial score (nSPS) is 11.0. The molecule has 1 aromatic heterocycles. The first-order valence-electron chi connectivity index (χ1n) is 4.69. The third-order valence-corrected chi connectivity index (χ3v) is 1.62. The van der Waals surface area contributed by atoms with E-state index in [0.717, 1.165) is 5.69 Å². The van der Waals surface area contributed by atoms with Gasteiger partial charge in [-0.3, -0.25) is 4.98 Å². The molecule has 0 aliphatic carbocycles. The van der Waals surface area contributed by atoms with Gasteiger partial charge in [-0.05, 0) is 19.1 Å². The van der Waals surface area contributed by atoms with Crippen LogP contribution < -0.4 is 0 Å². The monoisotopic (exact) mass is 203 g/mol. The Labute approximate surface area is 89.1 Å². The number of hydrogen-bond donors (Lipinski definition) is 0. The van der Waals surface area contributed by atoms with E-state index in [2.05, 4.69) is 4.98 Å². The molecule has 1 aromatic rings. The average Bonchev–Trinajstić information content (AvgIpc) is 2.28. The van der Waals surface area contributed by atoms with Gasteiger partial charge >= 0.3 is 5.97 Å². The van der Waals surface area contributed by atoms with Crippen LogP contribution in [-0.2, 0) is 16.1 Å². The zero-order valence-electron chi connectivity index (χ0n) is 8.59. The molecule has 0 saturated heterocycles. The molecule has 0 N–H and O–H groups in total. The van der Waals surface area contributed by atoms with Crippen LogP contribution in [-0.4, -0.2) is 11.0 Å². The van der Waals surface area contributed by atoms with Gasteiger partial charge in [0.2, 0.25) is 0 Å². The van der Waals surface area contributed by atoms with Gasteiger partial charge < -0.3 is 4.74 Å². The lowest BCUT2D eigenvalue weighted by Gasteiger charge is -1.99. The highest BCUT2D eigenvalue weighted by atomic mass is 16.5. The van der Waals surface area contributed by atoms with Crippen LogP contribution in [0.3, 0.4) is 0 Å². The minimum absolute atomic E-state index is 0.208. The predicted octanol–water partition coefficient (Wildman–Crippen LogP) is 2.26. The molecule has 0 aliphatic rings. The van der Waals surface area contributed by atoms with E-state index < -0.39 is 0 Å². The second-order valence-corrected chi connectivity index (χ2v) is 2.81. The fourth-order valence-electron chi connectivity index (χ4n) is 0.922. The van der Waals surface area contributed by atoms with Gasteiger partial charge in [0.15, 0.2) is 0 Å². The van der Waals surface area contributed by atoms with Crippen molar-refractivity contribution in [3.05, 3.63) is 54.4 Å². The maximum atomic E-state index is 11.1. The Balaban J connectivity index is 2.35. The number of hydrogen-bond acceptors (Lipinski definition) is 3. The summed E-state index contributed by atoms with van der Waals surface area (Å²) in [7, 11) is 0. The number of ether oxygens (including phenoxy) is 1. The Morgan fingerprint density at radius 2 is 2.33 bits per heavy atom. The minimum atomic E-state index is -0.362. The highest BCUT2D eigenvalue weighted by Gasteiger charge is 1.97. The van der Waals surface area contributed by atoms with E-state index in [1.54, 1.807) is 18.3 Å². The lowest BCUT2D eigenvalue weighted by atomic mass is 10.4. The number of carbonyl (C=O) groups excluding carboxylic acids is 1. The highest BCUT2D eigenvalue weighted by Crippen LogP contribution is 1.96. The first kappa shape index (κ1) is 11.2. The second-order valence-electron chi connectivity index (χ2n) is 2.81. The molecular formula is C12H13NO2. The second kappa shape index (κ2) is 6.54. The van der Waals surface area contributed by atoms with Crippen molar-refractivity contribution in [2.45, 2.75) is 13.5 Å². The molecule has 3 heteroatoms. The van der Waals surface area contributed by atoms with E-state index >= 15 is 0 Å². The maximum Gasteiger partial charge on any atom is 0.331 e. The van der Waals surface area contributed by atoms with Gasteiger partial charge in [-0.2, -0.15) is 0 Å². The van der Waals surface area contributed by atoms with E-state index in [9.17, 15) is 4.79 Å². The van der Waals surface area contributed by atoms with Crippen molar-refractivity contribution in [2.75, 3.05) is 0 Å². The van der Waals surface area contributed by atoms with Crippen LogP contribution in [0.1, 0.15) is 12.6 Å². The zero-order chi connectivity index (χ0) is 10.9. The van der Waals surface area contributed by atoms with Gasteiger partial charge in [-0.15, -0.1) is 0 Å². The molecule has 1 heterocycles.